The van der Waals surface area contributed by atoms with E-state index in [-0.39, 0.29) is 22.9 Å². The van der Waals surface area contributed by atoms with E-state index in [1.54, 1.807) is 23.5 Å². The number of aromatic nitrogens is 2. The summed E-state index contributed by atoms with van der Waals surface area (Å²) in [6, 6.07) is 7.70. The number of fused-ring (bicyclic) bond motifs is 2. The maximum absolute atomic E-state index is 13.0. The van der Waals surface area contributed by atoms with Crippen LogP contribution in [0.2, 0.25) is 0 Å². The molecule has 0 aliphatic carbocycles. The van der Waals surface area contributed by atoms with Crippen molar-refractivity contribution < 1.29 is 28.9 Å². The Kier molecular flexibility index (Phi) is 6.33. The van der Waals surface area contributed by atoms with Crippen LogP contribution in [-0.2, 0) is 25.8 Å². The number of thiophene rings is 1. The molecule has 0 radical (unpaired) electrons. The fraction of sp³-hybridized carbons (Fsp3) is 0.217. The van der Waals surface area contributed by atoms with Crippen molar-refractivity contribution in [1.29, 1.82) is 0 Å². The van der Waals surface area contributed by atoms with Gasteiger partial charge in [0.2, 0.25) is 0 Å². The monoisotopic (exact) mass is 524 g/mol. The number of hydrogen-bond donors (Lipinski definition) is 2. The number of pyridine rings is 2. The van der Waals surface area contributed by atoms with Crippen LogP contribution in [0, 0.1) is 0 Å². The molecule has 5 heterocycles. The lowest BCUT2D eigenvalue weighted by Gasteiger charge is -2.50. The second kappa shape index (κ2) is 9.59. The number of nitrogens with zero attached hydrogens (tertiary/aromatic N) is 4. The number of rotatable bonds is 7. The Morgan fingerprint density at radius 3 is 2.94 bits per heavy atom. The minimum Gasteiger partial charge on any atom is -0.543 e. The second-order valence-electron chi connectivity index (χ2n) is 8.03. The molecule has 11 nitrogen and oxygen atoms in total. The van der Waals surface area contributed by atoms with Gasteiger partial charge >= 0.3 is 0 Å². The predicted octanol–water partition coefficient (Wildman–Crippen LogP) is -0.379. The fourth-order valence-electron chi connectivity index (χ4n) is 4.16. The number of nitrogens with one attached hydrogen (secondary N) is 1. The normalized spacial score (nSPS) is 19.6. The maximum Gasteiger partial charge on any atom is 0.276 e. The molecule has 2 unspecified atom stereocenters. The van der Waals surface area contributed by atoms with E-state index in [0.29, 0.717) is 17.9 Å². The summed E-state index contributed by atoms with van der Waals surface area (Å²) in [5.41, 5.74) is 6.12. The van der Waals surface area contributed by atoms with E-state index in [4.69, 9.17) is 10.6 Å². The summed E-state index contributed by atoms with van der Waals surface area (Å²) in [4.78, 5) is 48.1. The van der Waals surface area contributed by atoms with Gasteiger partial charge in [-0.3, -0.25) is 14.5 Å². The summed E-state index contributed by atoms with van der Waals surface area (Å²) >= 11 is 2.99. The van der Waals surface area contributed by atoms with Gasteiger partial charge in [-0.2, -0.15) is 0 Å². The lowest BCUT2D eigenvalue weighted by molar-refractivity contribution is -0.687. The first-order valence-electron chi connectivity index (χ1n) is 10.8. The van der Waals surface area contributed by atoms with Crippen LogP contribution in [0.25, 0.3) is 10.1 Å². The van der Waals surface area contributed by atoms with Crippen LogP contribution in [-0.4, -0.2) is 57.7 Å². The number of nitrogen functional groups attached to an aromatic ring is 1. The van der Waals surface area contributed by atoms with Gasteiger partial charge in [0.05, 0.1) is 17.1 Å². The summed E-state index contributed by atoms with van der Waals surface area (Å²) < 4.78 is 3.00. The third kappa shape index (κ3) is 4.27. The van der Waals surface area contributed by atoms with Gasteiger partial charge in [-0.05, 0) is 23.6 Å². The zero-order valence-electron chi connectivity index (χ0n) is 18.9. The number of nitrogens with two attached hydrogens (primary N) is 1. The van der Waals surface area contributed by atoms with Crippen molar-refractivity contribution in [2.45, 2.75) is 18.0 Å². The number of thioether (sulfide) groups is 1. The van der Waals surface area contributed by atoms with E-state index in [2.05, 4.69) is 15.5 Å². The minimum absolute atomic E-state index is 0.157. The zero-order valence-corrected chi connectivity index (χ0v) is 20.5. The molecule has 2 aliphatic rings. The molecular weight excluding hydrogens is 504 g/mol. The van der Waals surface area contributed by atoms with Gasteiger partial charge in [0.1, 0.15) is 30.0 Å². The van der Waals surface area contributed by atoms with Crippen LogP contribution >= 0.6 is 23.1 Å². The number of hydrogen-bond acceptors (Lipinski definition) is 10. The predicted molar refractivity (Wildman–Crippen MR) is 131 cm³/mol. The maximum atomic E-state index is 13.0. The second-order valence-corrected chi connectivity index (χ2v) is 10.1. The topological polar surface area (TPSA) is 154 Å². The SMILES string of the molecule is CO/N=C(/C(=O)NC1C(=O)N2C(C(=O)[O-])=C(C[n+]3ccc4sccc4c3)CSC12)c1cccc(N)n1. The highest BCUT2D eigenvalue weighted by Crippen LogP contribution is 2.40. The van der Waals surface area contributed by atoms with Crippen LogP contribution in [0.5, 0.6) is 0 Å². The van der Waals surface area contributed by atoms with Crippen LogP contribution in [0.15, 0.2) is 64.5 Å². The summed E-state index contributed by atoms with van der Waals surface area (Å²) in [6.45, 7) is 0.293. The molecule has 2 amide bonds. The third-order valence-corrected chi connectivity index (χ3v) is 8.00. The molecule has 0 saturated carbocycles. The van der Waals surface area contributed by atoms with Crippen LogP contribution < -0.4 is 20.7 Å². The van der Waals surface area contributed by atoms with Crippen molar-refractivity contribution in [2.24, 2.45) is 5.16 Å². The van der Waals surface area contributed by atoms with Crippen LogP contribution in [0.3, 0.4) is 0 Å². The van der Waals surface area contributed by atoms with Crippen molar-refractivity contribution in [3.05, 3.63) is 65.1 Å². The quantitative estimate of drug-likeness (QED) is 0.184. The van der Waals surface area contributed by atoms with Gasteiger partial charge in [-0.15, -0.1) is 23.1 Å². The summed E-state index contributed by atoms with van der Waals surface area (Å²) in [7, 11) is 1.28. The molecule has 5 rings (SSSR count). The number of β-lactam (4-membered cyclic amide) rings is 1. The van der Waals surface area contributed by atoms with Gasteiger partial charge in [0.15, 0.2) is 24.7 Å². The number of oxime groups is 1. The van der Waals surface area contributed by atoms with Gasteiger partial charge in [0, 0.05) is 22.1 Å². The average molecular weight is 525 g/mol. The number of amides is 2. The van der Waals surface area contributed by atoms with Gasteiger partial charge in [0.25, 0.3) is 11.8 Å². The Labute approximate surface area is 213 Å². The highest BCUT2D eigenvalue weighted by Gasteiger charge is 2.53. The van der Waals surface area contributed by atoms with Gasteiger partial charge < -0.3 is 25.8 Å². The highest BCUT2D eigenvalue weighted by molar-refractivity contribution is 8.00. The van der Waals surface area contributed by atoms with E-state index in [9.17, 15) is 19.5 Å². The van der Waals surface area contributed by atoms with Crippen molar-refractivity contribution in [2.75, 3.05) is 18.6 Å². The number of anilines is 1. The first-order valence-corrected chi connectivity index (χ1v) is 12.7. The molecular formula is C23H20N6O5S2. The van der Waals surface area contributed by atoms with Crippen LogP contribution in [0.1, 0.15) is 5.69 Å². The molecule has 2 aliphatic heterocycles. The Hall–Kier alpha value is -3.97. The third-order valence-electron chi connectivity index (χ3n) is 5.76. The molecule has 1 saturated heterocycles. The zero-order chi connectivity index (χ0) is 25.4. The molecule has 3 N–H and O–H groups in total. The minimum atomic E-state index is -1.43. The first-order chi connectivity index (χ1) is 17.4. The number of aliphatic carboxylic acids is 1. The van der Waals surface area contributed by atoms with E-state index >= 15 is 0 Å². The Morgan fingerprint density at radius 1 is 1.36 bits per heavy atom. The first kappa shape index (κ1) is 23.8. The van der Waals surface area contributed by atoms with E-state index in [0.717, 1.165) is 10.1 Å². The number of carbonyl (C=O) groups excluding carboxylic acids is 3. The molecule has 0 aromatic carbocycles. The highest BCUT2D eigenvalue weighted by atomic mass is 32.2. The fourth-order valence-corrected chi connectivity index (χ4v) is 6.25. The summed E-state index contributed by atoms with van der Waals surface area (Å²) in [5.74, 6) is -2.14. The summed E-state index contributed by atoms with van der Waals surface area (Å²) in [6.07, 6.45) is 3.81. The largest absolute Gasteiger partial charge is 0.543 e. The molecule has 0 bridgehead atoms. The van der Waals surface area contributed by atoms with Gasteiger partial charge in [-0.25, -0.2) is 9.55 Å². The number of carboxylic acids is 1. The van der Waals surface area contributed by atoms with E-state index < -0.39 is 29.2 Å². The molecule has 0 spiro atoms. The molecule has 2 atom stereocenters. The standard InChI is InChI=1S/C23H20N6O5S2/c1-34-27-17(14-3-2-4-16(24)25-14)20(30)26-18-21(31)29-19(23(32)33)13(11-36-22(18)29)10-28-7-5-15-12(9-28)6-8-35-15/h2-9,18,22H,10-11H2,1H3,(H3-,24,25,26,30,32,33)/b27-17+. The Balaban J connectivity index is 1.36. The van der Waals surface area contributed by atoms with E-state index in [1.807, 2.05) is 34.5 Å². The molecule has 3 aromatic heterocycles. The molecule has 184 valence electrons. The van der Waals surface area contributed by atoms with Crippen LogP contribution in [0.4, 0.5) is 5.82 Å². The van der Waals surface area contributed by atoms with Crippen molar-refractivity contribution in [1.82, 2.24) is 15.2 Å². The van der Waals surface area contributed by atoms with Crippen molar-refractivity contribution >= 4 is 62.5 Å². The van der Waals surface area contributed by atoms with E-state index in [1.165, 1.54) is 29.8 Å². The molecule has 13 heteroatoms. The smallest absolute Gasteiger partial charge is 0.276 e. The average Bonchev–Trinajstić information content (AvgIpc) is 3.33. The molecule has 1 fully saturated rings. The molecule has 3 aromatic rings. The number of carbonyl (C=O) groups is 3. The van der Waals surface area contributed by atoms with Crippen molar-refractivity contribution in [3.8, 4) is 0 Å². The lowest BCUT2D eigenvalue weighted by Crippen LogP contribution is -2.71. The molecule has 36 heavy (non-hydrogen) atoms. The Bertz CT molecular complexity index is 1450. The number of carboxylic acid groups (broad SMARTS) is 1. The Morgan fingerprint density at radius 2 is 2.19 bits per heavy atom. The van der Waals surface area contributed by atoms with Crippen molar-refractivity contribution in [3.63, 3.8) is 0 Å². The summed E-state index contributed by atoms with van der Waals surface area (Å²) in [5, 5.41) is 20.9. The lowest BCUT2D eigenvalue weighted by atomic mass is 10.0. The van der Waals surface area contributed by atoms with Gasteiger partial charge in [-0.1, -0.05) is 11.2 Å².